The summed E-state index contributed by atoms with van der Waals surface area (Å²) in [5, 5.41) is 0. The average molecular weight is 248 g/mol. The molecule has 0 bridgehead atoms. The lowest BCUT2D eigenvalue weighted by Crippen LogP contribution is -2.48. The first-order valence-electron chi connectivity index (χ1n) is 6.37. The molecule has 1 amide bonds. The molecule has 1 saturated heterocycles. The lowest BCUT2D eigenvalue weighted by molar-refractivity contribution is -0.136. The summed E-state index contributed by atoms with van der Waals surface area (Å²) in [5.41, 5.74) is 1.15. The summed E-state index contributed by atoms with van der Waals surface area (Å²) in [6, 6.07) is 7.96. The van der Waals surface area contributed by atoms with Gasteiger partial charge in [0.2, 0.25) is 5.91 Å². The molecule has 0 saturated carbocycles. The van der Waals surface area contributed by atoms with Gasteiger partial charge in [0.1, 0.15) is 5.75 Å². The van der Waals surface area contributed by atoms with E-state index < -0.39 is 0 Å². The Hall–Kier alpha value is -1.55. The van der Waals surface area contributed by atoms with Gasteiger partial charge in [-0.15, -0.1) is 0 Å². The Bertz CT molecular complexity index is 403. The van der Waals surface area contributed by atoms with E-state index in [-0.39, 0.29) is 5.91 Å². The van der Waals surface area contributed by atoms with Crippen LogP contribution in [0.15, 0.2) is 24.3 Å². The van der Waals surface area contributed by atoms with E-state index in [2.05, 4.69) is 4.90 Å². The van der Waals surface area contributed by atoms with Crippen LogP contribution in [0.3, 0.4) is 0 Å². The number of hydrogen-bond donors (Lipinski definition) is 0. The van der Waals surface area contributed by atoms with Gasteiger partial charge in [0.15, 0.2) is 0 Å². The third kappa shape index (κ3) is 3.23. The molecule has 18 heavy (non-hydrogen) atoms. The molecule has 1 aliphatic rings. The second-order valence-electron chi connectivity index (χ2n) is 4.63. The van der Waals surface area contributed by atoms with Gasteiger partial charge in [-0.2, -0.15) is 0 Å². The van der Waals surface area contributed by atoms with Gasteiger partial charge in [-0.1, -0.05) is 12.1 Å². The average Bonchev–Trinajstić information content (AvgIpc) is 2.35. The van der Waals surface area contributed by atoms with E-state index in [4.69, 9.17) is 4.74 Å². The van der Waals surface area contributed by atoms with Crippen LogP contribution in [0.1, 0.15) is 12.5 Å². The molecule has 0 spiro atoms. The molecular weight excluding hydrogens is 228 g/mol. The highest BCUT2D eigenvalue weighted by Gasteiger charge is 2.21. The Labute approximate surface area is 108 Å². The number of hydrogen-bond acceptors (Lipinski definition) is 3. The zero-order valence-electron chi connectivity index (χ0n) is 11.1. The summed E-state index contributed by atoms with van der Waals surface area (Å²) < 4.78 is 5.40. The van der Waals surface area contributed by atoms with Crippen molar-refractivity contribution in [1.82, 2.24) is 9.80 Å². The number of ether oxygens (including phenoxy) is 1. The maximum atomic E-state index is 11.8. The van der Waals surface area contributed by atoms with Crippen LogP contribution in [0.2, 0.25) is 0 Å². The summed E-state index contributed by atoms with van der Waals surface area (Å²) in [7, 11) is 1.98. The van der Waals surface area contributed by atoms with Crippen molar-refractivity contribution >= 4 is 5.91 Å². The van der Waals surface area contributed by atoms with Gasteiger partial charge in [-0.3, -0.25) is 9.69 Å². The molecule has 0 aromatic heterocycles. The van der Waals surface area contributed by atoms with Gasteiger partial charge in [-0.05, 0) is 31.7 Å². The van der Waals surface area contributed by atoms with Crippen LogP contribution in [0.5, 0.6) is 5.75 Å². The van der Waals surface area contributed by atoms with Crippen LogP contribution >= 0.6 is 0 Å². The fourth-order valence-corrected chi connectivity index (χ4v) is 2.07. The van der Waals surface area contributed by atoms with Crippen molar-refractivity contribution in [3.8, 4) is 5.75 Å². The van der Waals surface area contributed by atoms with Crippen molar-refractivity contribution in [2.24, 2.45) is 0 Å². The third-order valence-corrected chi connectivity index (χ3v) is 3.12. The van der Waals surface area contributed by atoms with Crippen molar-refractivity contribution in [2.45, 2.75) is 13.5 Å². The van der Waals surface area contributed by atoms with Crippen LogP contribution in [0.4, 0.5) is 0 Å². The SMILES string of the molecule is CCOc1ccc(CN2CCN(C)CC2=O)cc1. The van der Waals surface area contributed by atoms with E-state index in [9.17, 15) is 4.79 Å². The Kier molecular flexibility index (Phi) is 4.20. The molecule has 1 aliphatic heterocycles. The van der Waals surface area contributed by atoms with E-state index in [0.29, 0.717) is 19.7 Å². The normalized spacial score (nSPS) is 17.0. The number of rotatable bonds is 4. The van der Waals surface area contributed by atoms with Crippen molar-refractivity contribution in [1.29, 1.82) is 0 Å². The minimum Gasteiger partial charge on any atom is -0.494 e. The maximum Gasteiger partial charge on any atom is 0.237 e. The molecule has 4 nitrogen and oxygen atoms in total. The minimum absolute atomic E-state index is 0.206. The molecule has 1 aromatic carbocycles. The molecule has 0 atom stereocenters. The molecule has 1 fully saturated rings. The lowest BCUT2D eigenvalue weighted by atomic mass is 10.2. The van der Waals surface area contributed by atoms with Gasteiger partial charge >= 0.3 is 0 Å². The quantitative estimate of drug-likeness (QED) is 0.806. The molecule has 98 valence electrons. The molecule has 0 radical (unpaired) electrons. The van der Waals surface area contributed by atoms with Crippen LogP contribution in [-0.4, -0.2) is 49.0 Å². The Morgan fingerprint density at radius 1 is 1.22 bits per heavy atom. The molecule has 0 aliphatic carbocycles. The zero-order valence-corrected chi connectivity index (χ0v) is 11.1. The van der Waals surface area contributed by atoms with Crippen molar-refractivity contribution < 1.29 is 9.53 Å². The van der Waals surface area contributed by atoms with Crippen molar-refractivity contribution in [3.05, 3.63) is 29.8 Å². The first kappa shape index (κ1) is 12.9. The van der Waals surface area contributed by atoms with E-state index in [1.54, 1.807) is 0 Å². The van der Waals surface area contributed by atoms with Gasteiger partial charge < -0.3 is 9.64 Å². The first-order chi connectivity index (χ1) is 8.69. The fraction of sp³-hybridized carbons (Fsp3) is 0.500. The maximum absolute atomic E-state index is 11.8. The summed E-state index contributed by atoms with van der Waals surface area (Å²) in [6.07, 6.45) is 0. The van der Waals surface area contributed by atoms with Crippen LogP contribution in [-0.2, 0) is 11.3 Å². The first-order valence-corrected chi connectivity index (χ1v) is 6.37. The molecular formula is C14H20N2O2. The van der Waals surface area contributed by atoms with Crippen LogP contribution in [0, 0.1) is 0 Å². The number of carbonyl (C=O) groups is 1. The molecule has 4 heteroatoms. The standard InChI is InChI=1S/C14H20N2O2/c1-3-18-13-6-4-12(5-7-13)10-16-9-8-15(2)11-14(16)17/h4-7H,3,8-11H2,1-2H3. The summed E-state index contributed by atoms with van der Waals surface area (Å²) >= 11 is 0. The van der Waals surface area contributed by atoms with Gasteiger partial charge in [0, 0.05) is 19.6 Å². The zero-order chi connectivity index (χ0) is 13.0. The van der Waals surface area contributed by atoms with Gasteiger partial charge in [0.25, 0.3) is 0 Å². The Morgan fingerprint density at radius 2 is 1.94 bits per heavy atom. The smallest absolute Gasteiger partial charge is 0.237 e. The highest BCUT2D eigenvalue weighted by Crippen LogP contribution is 2.14. The van der Waals surface area contributed by atoms with E-state index in [0.717, 1.165) is 24.4 Å². The van der Waals surface area contributed by atoms with E-state index in [1.165, 1.54) is 0 Å². The Balaban J connectivity index is 1.94. The number of likely N-dealkylation sites (N-methyl/N-ethyl adjacent to an activating group) is 1. The highest BCUT2D eigenvalue weighted by atomic mass is 16.5. The van der Waals surface area contributed by atoms with Crippen molar-refractivity contribution in [2.75, 3.05) is 33.3 Å². The monoisotopic (exact) mass is 248 g/mol. The third-order valence-electron chi connectivity index (χ3n) is 3.12. The van der Waals surface area contributed by atoms with Gasteiger partial charge in [0.05, 0.1) is 13.2 Å². The molecule has 1 aromatic rings. The number of benzene rings is 1. The van der Waals surface area contributed by atoms with Crippen LogP contribution in [0.25, 0.3) is 0 Å². The summed E-state index contributed by atoms with van der Waals surface area (Å²) in [4.78, 5) is 15.8. The number of carbonyl (C=O) groups excluding carboxylic acids is 1. The molecule has 1 heterocycles. The summed E-state index contributed by atoms with van der Waals surface area (Å²) in [6.45, 7) is 5.62. The predicted octanol–water partition coefficient (Wildman–Crippen LogP) is 1.36. The minimum atomic E-state index is 0.206. The second kappa shape index (κ2) is 5.87. The molecule has 2 rings (SSSR count). The van der Waals surface area contributed by atoms with Crippen LogP contribution < -0.4 is 4.74 Å². The molecule has 0 N–H and O–H groups in total. The van der Waals surface area contributed by atoms with Crippen molar-refractivity contribution in [3.63, 3.8) is 0 Å². The van der Waals surface area contributed by atoms with Gasteiger partial charge in [-0.25, -0.2) is 0 Å². The number of amides is 1. The number of nitrogens with zero attached hydrogens (tertiary/aromatic N) is 2. The molecule has 0 unspecified atom stereocenters. The Morgan fingerprint density at radius 3 is 2.56 bits per heavy atom. The fourth-order valence-electron chi connectivity index (χ4n) is 2.07. The highest BCUT2D eigenvalue weighted by molar-refractivity contribution is 5.79. The number of piperazine rings is 1. The summed E-state index contributed by atoms with van der Waals surface area (Å²) in [5.74, 6) is 1.09. The predicted molar refractivity (Wildman–Crippen MR) is 70.5 cm³/mol. The lowest BCUT2D eigenvalue weighted by Gasteiger charge is -2.32. The largest absolute Gasteiger partial charge is 0.494 e. The second-order valence-corrected chi connectivity index (χ2v) is 4.63. The van der Waals surface area contributed by atoms with E-state index in [1.807, 2.05) is 43.1 Å². The topological polar surface area (TPSA) is 32.8 Å². The van der Waals surface area contributed by atoms with E-state index >= 15 is 0 Å².